The van der Waals surface area contributed by atoms with Crippen LogP contribution in [0.25, 0.3) is 0 Å². The van der Waals surface area contributed by atoms with E-state index in [1.165, 1.54) is 17.9 Å². The molecule has 1 saturated heterocycles. The van der Waals surface area contributed by atoms with E-state index in [4.69, 9.17) is 0 Å². The number of hydrogen-bond donors (Lipinski definition) is 2. The fourth-order valence-corrected chi connectivity index (χ4v) is 2.50. The Morgan fingerprint density at radius 1 is 1.46 bits per heavy atom. The van der Waals surface area contributed by atoms with E-state index in [2.05, 4.69) is 10.2 Å². The Morgan fingerprint density at radius 2 is 2.31 bits per heavy atom. The summed E-state index contributed by atoms with van der Waals surface area (Å²) in [5, 5.41) is 12.6. The van der Waals surface area contributed by atoms with E-state index < -0.39 is 0 Å². The molecule has 0 aromatic carbocycles. The van der Waals surface area contributed by atoms with Crippen LogP contribution >= 0.6 is 11.8 Å². The molecule has 1 fully saturated rings. The zero-order chi connectivity index (χ0) is 9.52. The second-order valence-electron chi connectivity index (χ2n) is 3.48. The minimum absolute atomic E-state index is 0.215. The zero-order valence-electron chi connectivity index (χ0n) is 8.33. The SMILES string of the molecule is CNCC(O)CN1CCCSCC1. The van der Waals surface area contributed by atoms with Crippen LogP contribution in [0.2, 0.25) is 0 Å². The molecule has 13 heavy (non-hydrogen) atoms. The van der Waals surface area contributed by atoms with Gasteiger partial charge in [-0.25, -0.2) is 0 Å². The van der Waals surface area contributed by atoms with Crippen LogP contribution in [-0.2, 0) is 0 Å². The zero-order valence-corrected chi connectivity index (χ0v) is 9.15. The number of rotatable bonds is 4. The van der Waals surface area contributed by atoms with Crippen LogP contribution in [0.3, 0.4) is 0 Å². The molecule has 1 rings (SSSR count). The quantitative estimate of drug-likeness (QED) is 0.676. The van der Waals surface area contributed by atoms with Gasteiger partial charge in [0, 0.05) is 25.4 Å². The average Bonchev–Trinajstić information content (AvgIpc) is 2.33. The molecular formula is C9H20N2OS. The molecule has 4 heteroatoms. The molecule has 3 nitrogen and oxygen atoms in total. The molecule has 0 radical (unpaired) electrons. The number of aliphatic hydroxyl groups is 1. The van der Waals surface area contributed by atoms with Gasteiger partial charge in [0.25, 0.3) is 0 Å². The third-order valence-corrected chi connectivity index (χ3v) is 3.27. The predicted molar refractivity (Wildman–Crippen MR) is 58.3 cm³/mol. The van der Waals surface area contributed by atoms with Crippen molar-refractivity contribution in [1.29, 1.82) is 0 Å². The Kier molecular flexibility index (Phi) is 5.78. The number of likely N-dealkylation sites (N-methyl/N-ethyl adjacent to an activating group) is 1. The summed E-state index contributed by atoms with van der Waals surface area (Å²) in [4.78, 5) is 2.36. The number of hydrogen-bond acceptors (Lipinski definition) is 4. The van der Waals surface area contributed by atoms with Crippen LogP contribution in [0.4, 0.5) is 0 Å². The van der Waals surface area contributed by atoms with Gasteiger partial charge in [-0.1, -0.05) is 0 Å². The summed E-state index contributed by atoms with van der Waals surface area (Å²) in [5.74, 6) is 2.49. The molecule has 1 aliphatic heterocycles. The molecule has 1 heterocycles. The van der Waals surface area contributed by atoms with Gasteiger partial charge < -0.3 is 10.4 Å². The Hall–Kier alpha value is 0.230. The van der Waals surface area contributed by atoms with Gasteiger partial charge >= 0.3 is 0 Å². The van der Waals surface area contributed by atoms with Crippen molar-refractivity contribution in [2.45, 2.75) is 12.5 Å². The monoisotopic (exact) mass is 204 g/mol. The number of nitrogens with one attached hydrogen (secondary N) is 1. The maximum atomic E-state index is 9.58. The number of aliphatic hydroxyl groups excluding tert-OH is 1. The predicted octanol–water partition coefficient (Wildman–Crippen LogP) is 0.00560. The summed E-state index contributed by atoms with van der Waals surface area (Å²) in [6.45, 7) is 3.80. The van der Waals surface area contributed by atoms with Crippen LogP contribution in [0.1, 0.15) is 6.42 Å². The van der Waals surface area contributed by atoms with Crippen molar-refractivity contribution in [3.8, 4) is 0 Å². The maximum Gasteiger partial charge on any atom is 0.0791 e. The molecule has 0 saturated carbocycles. The Bertz CT molecular complexity index is 127. The largest absolute Gasteiger partial charge is 0.390 e. The molecule has 0 bridgehead atoms. The highest BCUT2D eigenvalue weighted by molar-refractivity contribution is 7.99. The average molecular weight is 204 g/mol. The van der Waals surface area contributed by atoms with Crippen molar-refractivity contribution in [2.75, 3.05) is 44.7 Å². The molecule has 0 aromatic rings. The van der Waals surface area contributed by atoms with Crippen LogP contribution in [0, 0.1) is 0 Å². The van der Waals surface area contributed by atoms with Crippen LogP contribution < -0.4 is 5.32 Å². The molecule has 0 aromatic heterocycles. The summed E-state index contributed by atoms with van der Waals surface area (Å²) < 4.78 is 0. The third kappa shape index (κ3) is 4.86. The molecular weight excluding hydrogens is 184 g/mol. The van der Waals surface area contributed by atoms with Crippen molar-refractivity contribution in [1.82, 2.24) is 10.2 Å². The highest BCUT2D eigenvalue weighted by Gasteiger charge is 2.12. The fraction of sp³-hybridized carbons (Fsp3) is 1.00. The standard InChI is InChI=1S/C9H20N2OS/c1-10-7-9(12)8-11-3-2-5-13-6-4-11/h9-10,12H,2-8H2,1H3. The van der Waals surface area contributed by atoms with E-state index in [9.17, 15) is 5.11 Å². The van der Waals surface area contributed by atoms with Gasteiger partial charge in [-0.05, 0) is 25.8 Å². The number of nitrogens with zero attached hydrogens (tertiary/aromatic N) is 1. The minimum atomic E-state index is -0.215. The summed E-state index contributed by atoms with van der Waals surface area (Å²) in [6, 6.07) is 0. The molecule has 78 valence electrons. The molecule has 0 aliphatic carbocycles. The van der Waals surface area contributed by atoms with E-state index in [1.807, 2.05) is 18.8 Å². The van der Waals surface area contributed by atoms with Gasteiger partial charge in [-0.2, -0.15) is 11.8 Å². The second kappa shape index (κ2) is 6.65. The molecule has 2 N–H and O–H groups in total. The first kappa shape index (κ1) is 11.3. The summed E-state index contributed by atoms with van der Waals surface area (Å²) in [7, 11) is 1.88. The number of thioether (sulfide) groups is 1. The van der Waals surface area contributed by atoms with Gasteiger partial charge in [0.05, 0.1) is 6.10 Å². The summed E-state index contributed by atoms with van der Waals surface area (Å²) >= 11 is 2.02. The van der Waals surface area contributed by atoms with Crippen molar-refractivity contribution in [3.63, 3.8) is 0 Å². The lowest BCUT2D eigenvalue weighted by molar-refractivity contribution is 0.117. The van der Waals surface area contributed by atoms with Crippen molar-refractivity contribution in [3.05, 3.63) is 0 Å². The van der Waals surface area contributed by atoms with E-state index in [0.717, 1.165) is 19.6 Å². The number of β-amino-alcohol motifs (C(OH)–C–C–N with tert-alkyl or cyclic N) is 1. The van der Waals surface area contributed by atoms with Crippen LogP contribution in [0.15, 0.2) is 0 Å². The van der Waals surface area contributed by atoms with Gasteiger partial charge in [-0.3, -0.25) is 4.90 Å². The Balaban J connectivity index is 2.17. The lowest BCUT2D eigenvalue weighted by atomic mass is 10.3. The van der Waals surface area contributed by atoms with Crippen LogP contribution in [0.5, 0.6) is 0 Å². The third-order valence-electron chi connectivity index (χ3n) is 2.22. The first-order valence-electron chi connectivity index (χ1n) is 4.95. The fourth-order valence-electron chi connectivity index (χ4n) is 1.58. The minimum Gasteiger partial charge on any atom is -0.390 e. The normalized spacial score (nSPS) is 22.6. The van der Waals surface area contributed by atoms with Gasteiger partial charge in [0.15, 0.2) is 0 Å². The summed E-state index contributed by atoms with van der Waals surface area (Å²) in [6.07, 6.45) is 1.05. The smallest absolute Gasteiger partial charge is 0.0791 e. The van der Waals surface area contributed by atoms with Gasteiger partial charge in [0.2, 0.25) is 0 Å². The molecule has 1 atom stereocenters. The van der Waals surface area contributed by atoms with Gasteiger partial charge in [-0.15, -0.1) is 0 Å². The van der Waals surface area contributed by atoms with E-state index >= 15 is 0 Å². The van der Waals surface area contributed by atoms with Crippen molar-refractivity contribution >= 4 is 11.8 Å². The molecule has 1 aliphatic rings. The Labute approximate surface area is 84.9 Å². The van der Waals surface area contributed by atoms with Crippen molar-refractivity contribution < 1.29 is 5.11 Å². The van der Waals surface area contributed by atoms with E-state index in [0.29, 0.717) is 6.54 Å². The molecule has 0 amide bonds. The van der Waals surface area contributed by atoms with E-state index in [-0.39, 0.29) is 6.10 Å². The lowest BCUT2D eigenvalue weighted by Crippen LogP contribution is -2.38. The second-order valence-corrected chi connectivity index (χ2v) is 4.70. The van der Waals surface area contributed by atoms with Crippen LogP contribution in [-0.4, -0.2) is 60.8 Å². The maximum absolute atomic E-state index is 9.58. The van der Waals surface area contributed by atoms with Gasteiger partial charge in [0.1, 0.15) is 0 Å². The summed E-state index contributed by atoms with van der Waals surface area (Å²) in [5.41, 5.74) is 0. The first-order valence-corrected chi connectivity index (χ1v) is 6.11. The highest BCUT2D eigenvalue weighted by Crippen LogP contribution is 2.09. The van der Waals surface area contributed by atoms with E-state index in [1.54, 1.807) is 0 Å². The first-order chi connectivity index (χ1) is 6.33. The molecule has 1 unspecified atom stereocenters. The highest BCUT2D eigenvalue weighted by atomic mass is 32.2. The Morgan fingerprint density at radius 3 is 3.08 bits per heavy atom. The lowest BCUT2D eigenvalue weighted by Gasteiger charge is -2.22. The van der Waals surface area contributed by atoms with Crippen molar-refractivity contribution in [2.24, 2.45) is 0 Å². The topological polar surface area (TPSA) is 35.5 Å². The molecule has 0 spiro atoms.